The van der Waals surface area contributed by atoms with Gasteiger partial charge in [0.05, 0.1) is 29.1 Å². The summed E-state index contributed by atoms with van der Waals surface area (Å²) >= 11 is 0. The summed E-state index contributed by atoms with van der Waals surface area (Å²) in [6, 6.07) is 7.16. The quantitative estimate of drug-likeness (QED) is 0.366. The van der Waals surface area contributed by atoms with Crippen molar-refractivity contribution in [1.29, 1.82) is 5.26 Å². The monoisotopic (exact) mass is 507 g/mol. The molecule has 0 spiro atoms. The molecule has 5 heterocycles. The van der Waals surface area contributed by atoms with Gasteiger partial charge in [0, 0.05) is 55.2 Å². The molecular formula is C25H24F3N9. The number of aromatic amines is 1. The van der Waals surface area contributed by atoms with Gasteiger partial charge in [0.1, 0.15) is 17.5 Å². The van der Waals surface area contributed by atoms with Crippen LogP contribution in [0.3, 0.4) is 0 Å². The molecule has 0 unspecified atom stereocenters. The minimum absolute atomic E-state index is 0.132. The highest BCUT2D eigenvalue weighted by atomic mass is 19.4. The van der Waals surface area contributed by atoms with Crippen molar-refractivity contribution in [1.82, 2.24) is 30.2 Å². The SMILES string of the molecule is C[C@@H]1CN(c2ccc([C@@H](C)Nc3ncc(C#N)c(-c4c[nH]c5ncc(C(F)(F)F)cc45)n3)cn2)CCN1. The van der Waals surface area contributed by atoms with Gasteiger partial charge in [-0.1, -0.05) is 6.07 Å². The van der Waals surface area contributed by atoms with Gasteiger partial charge in [-0.25, -0.2) is 19.9 Å². The fraction of sp³-hybridized carbons (Fsp3) is 0.320. The Morgan fingerprint density at radius 3 is 2.73 bits per heavy atom. The first-order valence-corrected chi connectivity index (χ1v) is 11.8. The minimum Gasteiger partial charge on any atom is -0.354 e. The topological polar surface area (TPSA) is 118 Å². The maximum absolute atomic E-state index is 13.3. The van der Waals surface area contributed by atoms with Crippen molar-refractivity contribution in [3.8, 4) is 17.3 Å². The largest absolute Gasteiger partial charge is 0.417 e. The summed E-state index contributed by atoms with van der Waals surface area (Å²) in [6.07, 6.45) is 0.866. The van der Waals surface area contributed by atoms with Gasteiger partial charge >= 0.3 is 6.18 Å². The fourth-order valence-electron chi connectivity index (χ4n) is 4.35. The van der Waals surface area contributed by atoms with Crippen LogP contribution in [-0.2, 0) is 6.18 Å². The van der Waals surface area contributed by atoms with Crippen LogP contribution >= 0.6 is 0 Å². The van der Waals surface area contributed by atoms with Crippen molar-refractivity contribution in [2.24, 2.45) is 0 Å². The second-order valence-electron chi connectivity index (χ2n) is 9.00. The third-order valence-corrected chi connectivity index (χ3v) is 6.33. The van der Waals surface area contributed by atoms with Crippen LogP contribution in [0.5, 0.6) is 0 Å². The van der Waals surface area contributed by atoms with Gasteiger partial charge in [-0.15, -0.1) is 0 Å². The molecule has 1 aliphatic heterocycles. The molecule has 0 bridgehead atoms. The highest BCUT2D eigenvalue weighted by Gasteiger charge is 2.31. The van der Waals surface area contributed by atoms with Crippen molar-refractivity contribution in [3.05, 3.63) is 59.7 Å². The number of anilines is 2. The van der Waals surface area contributed by atoms with Crippen LogP contribution in [0.25, 0.3) is 22.3 Å². The molecule has 190 valence electrons. The summed E-state index contributed by atoms with van der Waals surface area (Å²) in [4.78, 5) is 22.3. The van der Waals surface area contributed by atoms with Gasteiger partial charge in [0.2, 0.25) is 5.95 Å². The molecule has 1 aliphatic rings. The lowest BCUT2D eigenvalue weighted by atomic mass is 10.1. The Hall–Kier alpha value is -4.24. The molecule has 0 radical (unpaired) electrons. The molecule has 1 fully saturated rings. The zero-order valence-electron chi connectivity index (χ0n) is 20.1. The van der Waals surface area contributed by atoms with E-state index >= 15 is 0 Å². The van der Waals surface area contributed by atoms with E-state index in [0.29, 0.717) is 11.6 Å². The lowest BCUT2D eigenvalue weighted by Gasteiger charge is -2.32. The molecule has 2 atom stereocenters. The zero-order chi connectivity index (χ0) is 26.2. The highest BCUT2D eigenvalue weighted by Crippen LogP contribution is 2.35. The molecule has 12 heteroatoms. The van der Waals surface area contributed by atoms with Crippen LogP contribution in [-0.4, -0.2) is 50.6 Å². The molecule has 4 aromatic rings. The zero-order valence-corrected chi connectivity index (χ0v) is 20.1. The number of nitrogens with one attached hydrogen (secondary N) is 3. The Balaban J connectivity index is 1.41. The maximum Gasteiger partial charge on any atom is 0.417 e. The van der Waals surface area contributed by atoms with Gasteiger partial charge in [0.25, 0.3) is 0 Å². The van der Waals surface area contributed by atoms with Crippen molar-refractivity contribution in [2.45, 2.75) is 32.1 Å². The van der Waals surface area contributed by atoms with E-state index in [4.69, 9.17) is 0 Å². The van der Waals surface area contributed by atoms with Crippen LogP contribution in [0.2, 0.25) is 0 Å². The van der Waals surface area contributed by atoms with E-state index in [1.54, 1.807) is 6.20 Å². The van der Waals surface area contributed by atoms with Crippen molar-refractivity contribution in [2.75, 3.05) is 29.9 Å². The molecule has 0 aromatic carbocycles. The average Bonchev–Trinajstić information content (AvgIpc) is 3.31. The van der Waals surface area contributed by atoms with Gasteiger partial charge < -0.3 is 20.5 Å². The van der Waals surface area contributed by atoms with Crippen molar-refractivity contribution in [3.63, 3.8) is 0 Å². The molecule has 5 rings (SSSR count). The molecule has 37 heavy (non-hydrogen) atoms. The third-order valence-electron chi connectivity index (χ3n) is 6.33. The predicted molar refractivity (Wildman–Crippen MR) is 133 cm³/mol. The number of alkyl halides is 3. The molecule has 4 aromatic heterocycles. The molecule has 3 N–H and O–H groups in total. The van der Waals surface area contributed by atoms with E-state index in [2.05, 4.69) is 47.4 Å². The van der Waals surface area contributed by atoms with Crippen molar-refractivity contribution < 1.29 is 13.2 Å². The van der Waals surface area contributed by atoms with E-state index in [1.807, 2.05) is 25.1 Å². The summed E-state index contributed by atoms with van der Waals surface area (Å²) < 4.78 is 39.8. The number of rotatable bonds is 5. The minimum atomic E-state index is -4.55. The lowest BCUT2D eigenvalue weighted by molar-refractivity contribution is -0.137. The van der Waals surface area contributed by atoms with E-state index < -0.39 is 11.7 Å². The van der Waals surface area contributed by atoms with Crippen LogP contribution in [0, 0.1) is 11.3 Å². The number of aromatic nitrogens is 5. The number of piperazine rings is 1. The number of nitrogens with zero attached hydrogens (tertiary/aromatic N) is 6. The van der Waals surface area contributed by atoms with E-state index in [0.717, 1.165) is 43.3 Å². The Labute approximate surface area is 210 Å². The van der Waals surface area contributed by atoms with Crippen LogP contribution in [0.4, 0.5) is 24.9 Å². The molecule has 0 aliphatic carbocycles. The molecule has 1 saturated heterocycles. The highest BCUT2D eigenvalue weighted by molar-refractivity contribution is 5.94. The summed E-state index contributed by atoms with van der Waals surface area (Å²) in [7, 11) is 0. The number of hydrogen-bond acceptors (Lipinski definition) is 8. The van der Waals surface area contributed by atoms with Gasteiger partial charge in [-0.3, -0.25) is 0 Å². The number of fused-ring (bicyclic) bond motifs is 1. The lowest BCUT2D eigenvalue weighted by Crippen LogP contribution is -2.49. The molecular weight excluding hydrogens is 483 g/mol. The standard InChI is InChI=1S/C25H24F3N9/c1-14-13-37(6-5-30-14)21-4-3-16(9-31-21)15(2)35-24-34-10-17(8-29)22(36-24)20-12-33-23-19(20)7-18(11-32-23)25(26,27)28/h3-4,7,9-12,14-15,30H,5-6,13H2,1-2H3,(H,32,33)(H,34,35,36)/t14-,15-/m1/s1. The fourth-order valence-corrected chi connectivity index (χ4v) is 4.35. The Bertz CT molecular complexity index is 1460. The van der Waals surface area contributed by atoms with Gasteiger partial charge in [-0.2, -0.15) is 18.4 Å². The first-order valence-electron chi connectivity index (χ1n) is 11.8. The number of nitriles is 1. The number of pyridine rings is 2. The Morgan fingerprint density at radius 2 is 2.03 bits per heavy atom. The average molecular weight is 508 g/mol. The first kappa shape index (κ1) is 24.5. The van der Waals surface area contributed by atoms with E-state index in [1.165, 1.54) is 12.4 Å². The van der Waals surface area contributed by atoms with Crippen LogP contribution in [0.1, 0.15) is 36.6 Å². The van der Waals surface area contributed by atoms with Gasteiger partial charge in [-0.05, 0) is 31.5 Å². The number of halogens is 3. The normalized spacial score (nSPS) is 17.0. The summed E-state index contributed by atoms with van der Waals surface area (Å²) in [5.41, 5.74) is 0.964. The number of H-pyrrole nitrogens is 1. The molecule has 9 nitrogen and oxygen atoms in total. The van der Waals surface area contributed by atoms with Crippen LogP contribution in [0.15, 0.2) is 43.0 Å². The maximum atomic E-state index is 13.3. The second-order valence-corrected chi connectivity index (χ2v) is 9.00. The Kier molecular flexibility index (Phi) is 6.39. The molecule has 0 saturated carbocycles. The second kappa shape index (κ2) is 9.67. The summed E-state index contributed by atoms with van der Waals surface area (Å²) in [5.74, 6) is 1.14. The van der Waals surface area contributed by atoms with Crippen LogP contribution < -0.4 is 15.5 Å². The van der Waals surface area contributed by atoms with Gasteiger partial charge in [0.15, 0.2) is 0 Å². The third kappa shape index (κ3) is 5.03. The number of hydrogen-bond donors (Lipinski definition) is 3. The van der Waals surface area contributed by atoms with E-state index in [9.17, 15) is 18.4 Å². The smallest absolute Gasteiger partial charge is 0.354 e. The van der Waals surface area contributed by atoms with Crippen molar-refractivity contribution >= 4 is 22.8 Å². The first-order chi connectivity index (χ1) is 17.7. The predicted octanol–water partition coefficient (Wildman–Crippen LogP) is 4.28. The summed E-state index contributed by atoms with van der Waals surface area (Å²) in [5, 5.41) is 16.4. The Morgan fingerprint density at radius 1 is 1.19 bits per heavy atom. The molecule has 0 amide bonds. The van der Waals surface area contributed by atoms with E-state index in [-0.39, 0.29) is 34.3 Å². The summed E-state index contributed by atoms with van der Waals surface area (Å²) in [6.45, 7) is 6.75.